The van der Waals surface area contributed by atoms with Crippen LogP contribution in [0.15, 0.2) is 36.4 Å². The maximum absolute atomic E-state index is 12.5. The van der Waals surface area contributed by atoms with Gasteiger partial charge in [0.05, 0.1) is 0 Å². The highest BCUT2D eigenvalue weighted by molar-refractivity contribution is 5.95. The molecule has 2 fully saturated rings. The van der Waals surface area contributed by atoms with E-state index in [0.717, 1.165) is 24.8 Å². The van der Waals surface area contributed by atoms with Crippen molar-refractivity contribution in [3.8, 4) is 0 Å². The molecule has 0 spiro atoms. The third kappa shape index (κ3) is 2.71. The number of hydrogen-bond donors (Lipinski definition) is 1. The molecule has 0 bridgehead atoms. The number of aliphatic carboxylic acids is 1. The molecule has 1 N–H and O–H groups in total. The minimum Gasteiger partial charge on any atom is -0.480 e. The van der Waals surface area contributed by atoms with Crippen molar-refractivity contribution < 1.29 is 14.7 Å². The van der Waals surface area contributed by atoms with E-state index in [1.165, 1.54) is 6.08 Å². The first-order chi connectivity index (χ1) is 10.2. The summed E-state index contributed by atoms with van der Waals surface area (Å²) in [5.74, 6) is -0.702. The molecular weight excluding hydrogens is 266 g/mol. The first kappa shape index (κ1) is 13.9. The first-order valence-corrected chi connectivity index (χ1v) is 7.45. The standard InChI is InChI=1S/C17H19NO3/c19-16(10-9-12-5-2-1-3-6-12)18-14-8-4-7-13(14)11-15(18)17(20)21/h1-3,5-6,9-10,13-15H,4,7-8,11H2,(H,20,21)/b10-9+/t13-,14-,15-/m0/s1. The van der Waals surface area contributed by atoms with Crippen LogP contribution in [0.1, 0.15) is 31.2 Å². The van der Waals surface area contributed by atoms with Gasteiger partial charge in [-0.1, -0.05) is 36.8 Å². The van der Waals surface area contributed by atoms with Crippen molar-refractivity contribution in [3.63, 3.8) is 0 Å². The van der Waals surface area contributed by atoms with E-state index in [1.54, 1.807) is 11.0 Å². The van der Waals surface area contributed by atoms with Crippen LogP contribution in [-0.4, -0.2) is 34.0 Å². The quantitative estimate of drug-likeness (QED) is 0.868. The molecule has 1 saturated heterocycles. The molecule has 110 valence electrons. The zero-order valence-corrected chi connectivity index (χ0v) is 11.8. The van der Waals surface area contributed by atoms with Crippen molar-refractivity contribution in [1.82, 2.24) is 4.90 Å². The molecule has 4 heteroatoms. The topological polar surface area (TPSA) is 57.6 Å². The van der Waals surface area contributed by atoms with Gasteiger partial charge in [-0.05, 0) is 36.8 Å². The van der Waals surface area contributed by atoms with Crippen molar-refractivity contribution >= 4 is 18.0 Å². The average Bonchev–Trinajstić information content (AvgIpc) is 3.06. The summed E-state index contributed by atoms with van der Waals surface area (Å²) in [4.78, 5) is 25.5. The second-order valence-electron chi connectivity index (χ2n) is 5.84. The number of carboxylic acids is 1. The number of nitrogens with zero attached hydrogens (tertiary/aromatic N) is 1. The normalized spacial score (nSPS) is 28.0. The maximum atomic E-state index is 12.5. The minimum absolute atomic E-state index is 0.110. The molecule has 21 heavy (non-hydrogen) atoms. The number of carbonyl (C=O) groups excluding carboxylic acids is 1. The summed E-state index contributed by atoms with van der Waals surface area (Å²) in [7, 11) is 0. The molecule has 1 aliphatic carbocycles. The summed E-state index contributed by atoms with van der Waals surface area (Å²) < 4.78 is 0. The van der Waals surface area contributed by atoms with E-state index >= 15 is 0 Å². The van der Waals surface area contributed by atoms with E-state index in [0.29, 0.717) is 12.3 Å². The molecule has 4 nitrogen and oxygen atoms in total. The number of hydrogen-bond acceptors (Lipinski definition) is 2. The third-order valence-corrected chi connectivity index (χ3v) is 4.60. The number of carbonyl (C=O) groups is 2. The fraction of sp³-hybridized carbons (Fsp3) is 0.412. The number of amides is 1. The van der Waals surface area contributed by atoms with Crippen molar-refractivity contribution in [1.29, 1.82) is 0 Å². The summed E-state index contributed by atoms with van der Waals surface area (Å²) in [5.41, 5.74) is 0.944. The molecule has 1 heterocycles. The SMILES string of the molecule is O=C(O)[C@@H]1C[C@@H]2CCC[C@@H]2N1C(=O)/C=C/c1ccccc1. The average molecular weight is 285 g/mol. The van der Waals surface area contributed by atoms with Gasteiger partial charge >= 0.3 is 5.97 Å². The summed E-state index contributed by atoms with van der Waals surface area (Å²) >= 11 is 0. The van der Waals surface area contributed by atoms with E-state index in [-0.39, 0.29) is 11.9 Å². The Morgan fingerprint density at radius 1 is 1.19 bits per heavy atom. The highest BCUT2D eigenvalue weighted by Crippen LogP contribution is 2.41. The van der Waals surface area contributed by atoms with Crippen LogP contribution in [0.4, 0.5) is 0 Å². The monoisotopic (exact) mass is 285 g/mol. The van der Waals surface area contributed by atoms with E-state index in [2.05, 4.69) is 0 Å². The molecule has 0 aromatic heterocycles. The van der Waals surface area contributed by atoms with Gasteiger partial charge in [-0.3, -0.25) is 4.79 Å². The van der Waals surface area contributed by atoms with Crippen molar-refractivity contribution in [2.24, 2.45) is 5.92 Å². The summed E-state index contributed by atoms with van der Waals surface area (Å²) in [6.45, 7) is 0. The second-order valence-corrected chi connectivity index (χ2v) is 5.84. The minimum atomic E-state index is -0.883. The lowest BCUT2D eigenvalue weighted by molar-refractivity contribution is -0.147. The Morgan fingerprint density at radius 2 is 1.95 bits per heavy atom. The lowest BCUT2D eigenvalue weighted by Gasteiger charge is -2.26. The fourth-order valence-corrected chi connectivity index (χ4v) is 3.64. The van der Waals surface area contributed by atoms with Gasteiger partial charge in [0.15, 0.2) is 0 Å². The van der Waals surface area contributed by atoms with Crippen LogP contribution in [0, 0.1) is 5.92 Å². The van der Waals surface area contributed by atoms with Gasteiger partial charge < -0.3 is 10.0 Å². The van der Waals surface area contributed by atoms with E-state index in [9.17, 15) is 14.7 Å². The Bertz CT molecular complexity index is 567. The summed E-state index contributed by atoms with van der Waals surface area (Å²) in [6.07, 6.45) is 6.92. The van der Waals surface area contributed by atoms with Crippen LogP contribution in [0.2, 0.25) is 0 Å². The Morgan fingerprint density at radius 3 is 2.67 bits per heavy atom. The molecule has 1 saturated carbocycles. The third-order valence-electron chi connectivity index (χ3n) is 4.60. The van der Waals surface area contributed by atoms with Gasteiger partial charge in [-0.25, -0.2) is 4.79 Å². The van der Waals surface area contributed by atoms with Crippen molar-refractivity contribution in [2.45, 2.75) is 37.8 Å². The highest BCUT2D eigenvalue weighted by atomic mass is 16.4. The number of carboxylic acid groups (broad SMARTS) is 1. The smallest absolute Gasteiger partial charge is 0.326 e. The number of benzene rings is 1. The maximum Gasteiger partial charge on any atom is 0.326 e. The van der Waals surface area contributed by atoms with Gasteiger partial charge in [0.2, 0.25) is 5.91 Å². The van der Waals surface area contributed by atoms with Gasteiger partial charge in [-0.2, -0.15) is 0 Å². The number of likely N-dealkylation sites (tertiary alicyclic amines) is 1. The Kier molecular flexibility index (Phi) is 3.78. The van der Waals surface area contributed by atoms with Crippen LogP contribution >= 0.6 is 0 Å². The summed E-state index contributed by atoms with van der Waals surface area (Å²) in [5, 5.41) is 9.35. The van der Waals surface area contributed by atoms with Gasteiger partial charge in [0.25, 0.3) is 0 Å². The number of rotatable bonds is 3. The molecule has 1 aromatic rings. The van der Waals surface area contributed by atoms with Gasteiger partial charge in [0, 0.05) is 12.1 Å². The molecule has 1 amide bonds. The second kappa shape index (κ2) is 5.72. The molecule has 0 radical (unpaired) electrons. The largest absolute Gasteiger partial charge is 0.480 e. The molecular formula is C17H19NO3. The fourth-order valence-electron chi connectivity index (χ4n) is 3.64. The first-order valence-electron chi connectivity index (χ1n) is 7.45. The Hall–Kier alpha value is -2.10. The zero-order valence-electron chi connectivity index (χ0n) is 11.8. The number of fused-ring (bicyclic) bond motifs is 1. The van der Waals surface area contributed by atoms with Crippen LogP contribution < -0.4 is 0 Å². The predicted octanol–water partition coefficient (Wildman–Crippen LogP) is 2.55. The van der Waals surface area contributed by atoms with Crippen LogP contribution in [0.3, 0.4) is 0 Å². The lowest BCUT2D eigenvalue weighted by Crippen LogP contribution is -2.44. The molecule has 3 rings (SSSR count). The molecule has 3 atom stereocenters. The molecule has 1 aromatic carbocycles. The van der Waals surface area contributed by atoms with Crippen LogP contribution in [0.5, 0.6) is 0 Å². The van der Waals surface area contributed by atoms with E-state index < -0.39 is 12.0 Å². The van der Waals surface area contributed by atoms with Crippen LogP contribution in [-0.2, 0) is 9.59 Å². The molecule has 0 unspecified atom stereocenters. The van der Waals surface area contributed by atoms with E-state index in [4.69, 9.17) is 0 Å². The molecule has 1 aliphatic heterocycles. The highest BCUT2D eigenvalue weighted by Gasteiger charge is 2.48. The van der Waals surface area contributed by atoms with Gasteiger partial charge in [0.1, 0.15) is 6.04 Å². The van der Waals surface area contributed by atoms with E-state index in [1.807, 2.05) is 30.3 Å². The Labute approximate surface area is 124 Å². The van der Waals surface area contributed by atoms with Crippen molar-refractivity contribution in [2.75, 3.05) is 0 Å². The molecule has 2 aliphatic rings. The van der Waals surface area contributed by atoms with Crippen LogP contribution in [0.25, 0.3) is 6.08 Å². The van der Waals surface area contributed by atoms with Gasteiger partial charge in [-0.15, -0.1) is 0 Å². The Balaban J connectivity index is 1.78. The van der Waals surface area contributed by atoms with Crippen molar-refractivity contribution in [3.05, 3.63) is 42.0 Å². The summed E-state index contributed by atoms with van der Waals surface area (Å²) in [6, 6.07) is 9.03. The lowest BCUT2D eigenvalue weighted by atomic mass is 10.0. The zero-order chi connectivity index (χ0) is 14.8. The predicted molar refractivity (Wildman–Crippen MR) is 79.5 cm³/mol.